The molecule has 174 valence electrons. The Labute approximate surface area is 205 Å². The highest BCUT2D eigenvalue weighted by atomic mass is 32.1. The number of aromatic nitrogens is 2. The third-order valence-electron chi connectivity index (χ3n) is 8.12. The number of nitrogens with zero attached hydrogens (tertiary/aromatic N) is 3. The zero-order valence-corrected chi connectivity index (χ0v) is 20.2. The van der Waals surface area contributed by atoms with Crippen LogP contribution in [0.3, 0.4) is 0 Å². The van der Waals surface area contributed by atoms with Gasteiger partial charge in [-0.3, -0.25) is 9.69 Å². The van der Waals surface area contributed by atoms with Gasteiger partial charge in [-0.15, -0.1) is 0 Å². The molecule has 0 bridgehead atoms. The number of amides is 1. The SMILES string of the molecule is COC1CCC2(CC1)Cc1ccc(C#CC3CC3)cc1C21NC(=S)N(Cc2cncnc2)C1=O. The summed E-state index contributed by atoms with van der Waals surface area (Å²) < 4.78 is 5.68. The summed E-state index contributed by atoms with van der Waals surface area (Å²) in [5.74, 6) is 7.28. The van der Waals surface area contributed by atoms with E-state index in [1.165, 1.54) is 24.7 Å². The second kappa shape index (κ2) is 8.14. The predicted molar refractivity (Wildman–Crippen MR) is 131 cm³/mol. The molecule has 3 aliphatic carbocycles. The number of hydrogen-bond acceptors (Lipinski definition) is 5. The summed E-state index contributed by atoms with van der Waals surface area (Å²) in [6.45, 7) is 0.362. The van der Waals surface area contributed by atoms with E-state index >= 15 is 0 Å². The minimum Gasteiger partial charge on any atom is -0.381 e. The number of thiocarbonyl (C=S) groups is 1. The van der Waals surface area contributed by atoms with Gasteiger partial charge in [-0.1, -0.05) is 17.9 Å². The Morgan fingerprint density at radius 1 is 1.21 bits per heavy atom. The monoisotopic (exact) mass is 472 g/mol. The molecular weight excluding hydrogens is 444 g/mol. The zero-order valence-electron chi connectivity index (χ0n) is 19.3. The molecule has 2 aromatic rings. The second-order valence-electron chi connectivity index (χ2n) is 10.1. The van der Waals surface area contributed by atoms with Crippen molar-refractivity contribution in [3.05, 3.63) is 59.2 Å². The van der Waals surface area contributed by atoms with Gasteiger partial charge in [0.2, 0.25) is 0 Å². The fourth-order valence-corrected chi connectivity index (χ4v) is 6.44. The molecule has 2 spiro atoms. The Balaban J connectivity index is 1.43. The fourth-order valence-electron chi connectivity index (χ4n) is 6.14. The van der Waals surface area contributed by atoms with Crippen LogP contribution in [0.15, 0.2) is 36.9 Å². The van der Waals surface area contributed by atoms with Crippen molar-refractivity contribution in [2.75, 3.05) is 7.11 Å². The number of benzene rings is 1. The first-order valence-electron chi connectivity index (χ1n) is 12.1. The lowest BCUT2D eigenvalue weighted by atomic mass is 9.61. The predicted octanol–water partition coefficient (Wildman–Crippen LogP) is 3.48. The van der Waals surface area contributed by atoms with E-state index in [9.17, 15) is 4.79 Å². The third kappa shape index (κ3) is 3.35. The van der Waals surface area contributed by atoms with Crippen LogP contribution in [0.2, 0.25) is 0 Å². The number of rotatable bonds is 3. The molecule has 1 atom stereocenters. The Kier molecular flexibility index (Phi) is 5.20. The van der Waals surface area contributed by atoms with E-state index in [-0.39, 0.29) is 17.4 Å². The van der Waals surface area contributed by atoms with E-state index in [0.717, 1.165) is 48.8 Å². The normalized spacial score (nSPS) is 29.8. The number of hydrogen-bond donors (Lipinski definition) is 1. The molecule has 0 radical (unpaired) electrons. The first-order valence-corrected chi connectivity index (χ1v) is 12.5. The van der Waals surface area contributed by atoms with Gasteiger partial charge in [0.25, 0.3) is 5.91 Å². The minimum atomic E-state index is -0.870. The van der Waals surface area contributed by atoms with E-state index in [2.05, 4.69) is 45.3 Å². The maximum atomic E-state index is 14.4. The number of carbonyl (C=O) groups is 1. The maximum Gasteiger partial charge on any atom is 0.260 e. The summed E-state index contributed by atoms with van der Waals surface area (Å²) in [6.07, 6.45) is 12.2. The van der Waals surface area contributed by atoms with Gasteiger partial charge in [0.1, 0.15) is 6.33 Å². The first kappa shape index (κ1) is 21.7. The molecule has 2 saturated carbocycles. The molecule has 4 aliphatic rings. The second-order valence-corrected chi connectivity index (χ2v) is 10.5. The van der Waals surface area contributed by atoms with Crippen molar-refractivity contribution < 1.29 is 9.53 Å². The maximum absolute atomic E-state index is 14.4. The Hall–Kier alpha value is -2.82. The molecule has 1 N–H and O–H groups in total. The number of ether oxygens (including phenoxy) is 1. The molecule has 1 aromatic carbocycles. The summed E-state index contributed by atoms with van der Waals surface area (Å²) in [7, 11) is 1.78. The molecule has 6 rings (SSSR count). The lowest BCUT2D eigenvalue weighted by Crippen LogP contribution is -2.56. The molecule has 1 amide bonds. The van der Waals surface area contributed by atoms with Crippen LogP contribution >= 0.6 is 12.2 Å². The van der Waals surface area contributed by atoms with E-state index in [0.29, 0.717) is 17.6 Å². The molecule has 1 aromatic heterocycles. The molecule has 1 aliphatic heterocycles. The van der Waals surface area contributed by atoms with Gasteiger partial charge in [0, 0.05) is 42.0 Å². The largest absolute Gasteiger partial charge is 0.381 e. The summed E-state index contributed by atoms with van der Waals surface area (Å²) in [6, 6.07) is 6.43. The van der Waals surface area contributed by atoms with Crippen molar-refractivity contribution in [2.45, 2.75) is 63.1 Å². The topological polar surface area (TPSA) is 67.3 Å². The average molecular weight is 473 g/mol. The van der Waals surface area contributed by atoms with Crippen molar-refractivity contribution in [1.29, 1.82) is 0 Å². The van der Waals surface area contributed by atoms with Crippen LogP contribution in [0.1, 0.15) is 60.8 Å². The Morgan fingerprint density at radius 3 is 2.68 bits per heavy atom. The lowest BCUT2D eigenvalue weighted by molar-refractivity contribution is -0.138. The molecule has 2 heterocycles. The highest BCUT2D eigenvalue weighted by Crippen LogP contribution is 2.60. The van der Waals surface area contributed by atoms with Crippen LogP contribution in [0.4, 0.5) is 0 Å². The van der Waals surface area contributed by atoms with Gasteiger partial charge in [0.05, 0.1) is 12.6 Å². The van der Waals surface area contributed by atoms with Gasteiger partial charge >= 0.3 is 0 Å². The van der Waals surface area contributed by atoms with Crippen LogP contribution in [0.25, 0.3) is 0 Å². The standard InChI is InChI=1S/C27H28N4O2S/c1-33-22-8-10-26(11-9-22)13-21-7-6-19(5-4-18-2-3-18)12-23(21)27(26)24(32)31(25(34)30-27)16-20-14-28-17-29-15-20/h6-7,12,14-15,17-18,22H,2-3,8-11,13,16H2,1H3,(H,30,34). The van der Waals surface area contributed by atoms with E-state index in [1.807, 2.05) is 0 Å². The molecule has 7 heteroatoms. The van der Waals surface area contributed by atoms with Gasteiger partial charge in [-0.2, -0.15) is 0 Å². The Morgan fingerprint density at radius 2 is 1.97 bits per heavy atom. The molecular formula is C27H28N4O2S. The van der Waals surface area contributed by atoms with Crippen molar-refractivity contribution in [2.24, 2.45) is 11.3 Å². The van der Waals surface area contributed by atoms with Crippen molar-refractivity contribution in [1.82, 2.24) is 20.2 Å². The van der Waals surface area contributed by atoms with Crippen molar-refractivity contribution in [3.8, 4) is 11.8 Å². The first-order chi connectivity index (χ1) is 16.5. The van der Waals surface area contributed by atoms with Crippen molar-refractivity contribution >= 4 is 23.2 Å². The number of carbonyl (C=O) groups excluding carboxylic acids is 1. The summed E-state index contributed by atoms with van der Waals surface area (Å²) in [5, 5.41) is 4.06. The molecule has 6 nitrogen and oxygen atoms in total. The lowest BCUT2D eigenvalue weighted by Gasteiger charge is -2.46. The number of fused-ring (bicyclic) bond motifs is 3. The third-order valence-corrected chi connectivity index (χ3v) is 8.44. The highest BCUT2D eigenvalue weighted by Gasteiger charge is 2.67. The fraction of sp³-hybridized carbons (Fsp3) is 0.481. The van der Waals surface area contributed by atoms with E-state index < -0.39 is 5.54 Å². The van der Waals surface area contributed by atoms with Crippen LogP contribution in [0, 0.1) is 23.2 Å². The van der Waals surface area contributed by atoms with Crippen LogP contribution in [-0.2, 0) is 28.0 Å². The smallest absolute Gasteiger partial charge is 0.260 e. The molecule has 1 unspecified atom stereocenters. The van der Waals surface area contributed by atoms with Gasteiger partial charge in [0.15, 0.2) is 10.7 Å². The summed E-state index contributed by atoms with van der Waals surface area (Å²) >= 11 is 5.78. The van der Waals surface area contributed by atoms with Crippen LogP contribution in [0.5, 0.6) is 0 Å². The zero-order chi connectivity index (χ0) is 23.3. The molecule has 34 heavy (non-hydrogen) atoms. The summed E-state index contributed by atoms with van der Waals surface area (Å²) in [5.41, 5.74) is 2.99. The van der Waals surface area contributed by atoms with E-state index in [1.54, 1.807) is 24.4 Å². The highest BCUT2D eigenvalue weighted by molar-refractivity contribution is 7.80. The van der Waals surface area contributed by atoms with Gasteiger partial charge in [-0.25, -0.2) is 9.97 Å². The average Bonchev–Trinajstić information content (AvgIpc) is 3.62. The van der Waals surface area contributed by atoms with E-state index in [4.69, 9.17) is 17.0 Å². The quantitative estimate of drug-likeness (QED) is 0.545. The number of methoxy groups -OCH3 is 1. The van der Waals surface area contributed by atoms with Gasteiger partial charge in [-0.05, 0) is 80.4 Å². The molecule has 1 saturated heterocycles. The molecule has 3 fully saturated rings. The van der Waals surface area contributed by atoms with Gasteiger partial charge < -0.3 is 10.1 Å². The van der Waals surface area contributed by atoms with Crippen LogP contribution < -0.4 is 5.32 Å². The summed E-state index contributed by atoms with van der Waals surface area (Å²) in [4.78, 5) is 24.3. The van der Waals surface area contributed by atoms with Crippen LogP contribution in [-0.4, -0.2) is 39.1 Å². The Bertz CT molecular complexity index is 1210. The van der Waals surface area contributed by atoms with Crippen molar-refractivity contribution in [3.63, 3.8) is 0 Å². The minimum absolute atomic E-state index is 0.0308. The number of nitrogens with one attached hydrogen (secondary N) is 1.